The quantitative estimate of drug-likeness (QED) is 0.560. The smallest absolute Gasteiger partial charge is 0.241 e. The Kier molecular flexibility index (Phi) is 7.82. The topological polar surface area (TPSA) is 122 Å². The Morgan fingerprint density at radius 2 is 1.79 bits per heavy atom. The van der Waals surface area contributed by atoms with Gasteiger partial charge in [-0.25, -0.2) is 8.42 Å². The number of likely N-dealkylation sites (tertiary alicyclic amines) is 1. The molecule has 1 aliphatic heterocycles. The molecule has 28 heavy (non-hydrogen) atoms. The highest BCUT2D eigenvalue weighted by atomic mass is 35.5. The SMILES string of the molecule is CC(C)[C@H](NS(=O)(=O)c1ccc(Cl)cc1)C(=O)NC1CCN(CC(N)=O)CC1. The van der Waals surface area contributed by atoms with Crippen LogP contribution < -0.4 is 15.8 Å². The van der Waals surface area contributed by atoms with Gasteiger partial charge in [0.2, 0.25) is 21.8 Å². The van der Waals surface area contributed by atoms with E-state index in [1.807, 2.05) is 4.90 Å². The molecule has 0 aromatic heterocycles. The molecule has 0 spiro atoms. The molecular weight excluding hydrogens is 404 g/mol. The van der Waals surface area contributed by atoms with E-state index < -0.39 is 16.1 Å². The van der Waals surface area contributed by atoms with Gasteiger partial charge < -0.3 is 11.1 Å². The van der Waals surface area contributed by atoms with Crippen molar-refractivity contribution in [3.63, 3.8) is 0 Å². The first-order valence-corrected chi connectivity index (χ1v) is 11.0. The maximum absolute atomic E-state index is 12.7. The predicted molar refractivity (Wildman–Crippen MR) is 107 cm³/mol. The van der Waals surface area contributed by atoms with Gasteiger partial charge in [-0.3, -0.25) is 14.5 Å². The van der Waals surface area contributed by atoms with Crippen LogP contribution >= 0.6 is 11.6 Å². The van der Waals surface area contributed by atoms with Crippen molar-refractivity contribution >= 4 is 33.4 Å². The highest BCUT2D eigenvalue weighted by molar-refractivity contribution is 7.89. The number of halogens is 1. The van der Waals surface area contributed by atoms with Crippen LogP contribution in [0.25, 0.3) is 0 Å². The van der Waals surface area contributed by atoms with Crippen LogP contribution in [-0.4, -0.2) is 56.9 Å². The molecule has 156 valence electrons. The van der Waals surface area contributed by atoms with Crippen molar-refractivity contribution in [1.29, 1.82) is 0 Å². The number of benzene rings is 1. The van der Waals surface area contributed by atoms with E-state index >= 15 is 0 Å². The molecule has 2 amide bonds. The molecule has 1 saturated heterocycles. The number of rotatable bonds is 8. The minimum Gasteiger partial charge on any atom is -0.369 e. The highest BCUT2D eigenvalue weighted by Gasteiger charge is 2.30. The lowest BCUT2D eigenvalue weighted by Crippen LogP contribution is -2.54. The van der Waals surface area contributed by atoms with Crippen LogP contribution in [0.3, 0.4) is 0 Å². The second-order valence-corrected chi connectivity index (χ2v) is 9.47. The van der Waals surface area contributed by atoms with Crippen LogP contribution in [0.4, 0.5) is 0 Å². The number of sulfonamides is 1. The fourth-order valence-corrected chi connectivity index (χ4v) is 4.56. The van der Waals surface area contributed by atoms with Crippen LogP contribution in [-0.2, 0) is 19.6 Å². The molecule has 8 nitrogen and oxygen atoms in total. The molecule has 10 heteroatoms. The average molecular weight is 431 g/mol. The summed E-state index contributed by atoms with van der Waals surface area (Å²) < 4.78 is 27.7. The third-order valence-corrected chi connectivity index (χ3v) is 6.38. The molecular formula is C18H27ClN4O4S. The Hall–Kier alpha value is -1.68. The lowest BCUT2D eigenvalue weighted by Gasteiger charge is -2.32. The van der Waals surface area contributed by atoms with Gasteiger partial charge in [0, 0.05) is 24.2 Å². The summed E-state index contributed by atoms with van der Waals surface area (Å²) in [4.78, 5) is 25.7. The number of nitrogens with zero attached hydrogens (tertiary/aromatic N) is 1. The maximum atomic E-state index is 12.7. The minimum absolute atomic E-state index is 0.0510. The van der Waals surface area contributed by atoms with E-state index in [4.69, 9.17) is 17.3 Å². The largest absolute Gasteiger partial charge is 0.369 e. The van der Waals surface area contributed by atoms with E-state index in [0.29, 0.717) is 31.0 Å². The van der Waals surface area contributed by atoms with Gasteiger partial charge in [-0.1, -0.05) is 25.4 Å². The Morgan fingerprint density at radius 1 is 1.21 bits per heavy atom. The number of piperidine rings is 1. The summed E-state index contributed by atoms with van der Waals surface area (Å²) in [5.41, 5.74) is 5.20. The van der Waals surface area contributed by atoms with E-state index in [1.54, 1.807) is 13.8 Å². The molecule has 1 fully saturated rings. The molecule has 0 unspecified atom stereocenters. The van der Waals surface area contributed by atoms with Gasteiger partial charge in [-0.15, -0.1) is 0 Å². The Morgan fingerprint density at radius 3 is 2.29 bits per heavy atom. The van der Waals surface area contributed by atoms with Gasteiger partial charge >= 0.3 is 0 Å². The average Bonchev–Trinajstić information content (AvgIpc) is 2.61. The normalized spacial score (nSPS) is 17.4. The number of nitrogens with one attached hydrogen (secondary N) is 2. The first-order chi connectivity index (χ1) is 13.1. The highest BCUT2D eigenvalue weighted by Crippen LogP contribution is 2.16. The van der Waals surface area contributed by atoms with Crippen molar-refractivity contribution < 1.29 is 18.0 Å². The van der Waals surface area contributed by atoms with Crippen LogP contribution in [0.2, 0.25) is 5.02 Å². The van der Waals surface area contributed by atoms with Crippen molar-refractivity contribution in [2.24, 2.45) is 11.7 Å². The van der Waals surface area contributed by atoms with Crippen LogP contribution in [0, 0.1) is 5.92 Å². The number of nitrogens with two attached hydrogens (primary N) is 1. The summed E-state index contributed by atoms with van der Waals surface area (Å²) in [6.45, 7) is 5.07. The molecule has 2 rings (SSSR count). The summed E-state index contributed by atoms with van der Waals surface area (Å²) in [5.74, 6) is -0.975. The zero-order valence-electron chi connectivity index (χ0n) is 16.0. The van der Waals surface area contributed by atoms with Crippen molar-refractivity contribution in [3.05, 3.63) is 29.3 Å². The Bertz CT molecular complexity index is 790. The number of amides is 2. The second kappa shape index (κ2) is 9.69. The minimum atomic E-state index is -3.86. The third kappa shape index (κ3) is 6.44. The lowest BCUT2D eigenvalue weighted by molar-refractivity contribution is -0.125. The monoisotopic (exact) mass is 430 g/mol. The third-order valence-electron chi connectivity index (χ3n) is 4.67. The van der Waals surface area contributed by atoms with Gasteiger partial charge in [0.15, 0.2) is 0 Å². The molecule has 1 aliphatic rings. The summed E-state index contributed by atoms with van der Waals surface area (Å²) in [7, 11) is -3.86. The van der Waals surface area contributed by atoms with Gasteiger partial charge in [-0.2, -0.15) is 4.72 Å². The van der Waals surface area contributed by atoms with Gasteiger partial charge in [-0.05, 0) is 43.0 Å². The lowest BCUT2D eigenvalue weighted by atomic mass is 10.0. The van der Waals surface area contributed by atoms with Crippen molar-refractivity contribution in [3.8, 4) is 0 Å². The molecule has 0 radical (unpaired) electrons. The number of carbonyl (C=O) groups excluding carboxylic acids is 2. The van der Waals surface area contributed by atoms with Gasteiger partial charge in [0.05, 0.1) is 11.4 Å². The Balaban J connectivity index is 1.99. The summed E-state index contributed by atoms with van der Waals surface area (Å²) in [5, 5.41) is 3.36. The maximum Gasteiger partial charge on any atom is 0.241 e. The first kappa shape index (κ1) is 22.6. The summed E-state index contributed by atoms with van der Waals surface area (Å²) in [6.07, 6.45) is 1.35. The standard InChI is InChI=1S/C18H27ClN4O4S/c1-12(2)17(22-28(26,27)15-5-3-13(19)4-6-15)18(25)21-14-7-9-23(10-8-14)11-16(20)24/h3-6,12,14,17,22H,7-11H2,1-2H3,(H2,20,24)(H,21,25)/t17-/m0/s1. The number of hydrogen-bond donors (Lipinski definition) is 3. The molecule has 1 aromatic rings. The zero-order chi connectivity index (χ0) is 20.9. The fraction of sp³-hybridized carbons (Fsp3) is 0.556. The second-order valence-electron chi connectivity index (χ2n) is 7.32. The van der Waals surface area contributed by atoms with Crippen molar-refractivity contribution in [2.45, 2.75) is 43.7 Å². The molecule has 1 atom stereocenters. The van der Waals surface area contributed by atoms with E-state index in [0.717, 1.165) is 0 Å². The zero-order valence-corrected chi connectivity index (χ0v) is 17.6. The van der Waals surface area contributed by atoms with Crippen molar-refractivity contribution in [1.82, 2.24) is 14.9 Å². The predicted octanol–water partition coefficient (Wildman–Crippen LogP) is 0.709. The van der Waals surface area contributed by atoms with E-state index in [9.17, 15) is 18.0 Å². The van der Waals surface area contributed by atoms with E-state index in [1.165, 1.54) is 24.3 Å². The van der Waals surface area contributed by atoms with Gasteiger partial charge in [0.25, 0.3) is 0 Å². The molecule has 1 heterocycles. The molecule has 0 saturated carbocycles. The van der Waals surface area contributed by atoms with E-state index in [2.05, 4.69) is 10.0 Å². The molecule has 0 aliphatic carbocycles. The van der Waals surface area contributed by atoms with Crippen LogP contribution in [0.15, 0.2) is 29.2 Å². The number of carbonyl (C=O) groups is 2. The number of primary amides is 1. The summed E-state index contributed by atoms with van der Waals surface area (Å²) >= 11 is 5.81. The van der Waals surface area contributed by atoms with Crippen LogP contribution in [0.1, 0.15) is 26.7 Å². The van der Waals surface area contributed by atoms with Crippen molar-refractivity contribution in [2.75, 3.05) is 19.6 Å². The molecule has 4 N–H and O–H groups in total. The molecule has 1 aromatic carbocycles. The summed E-state index contributed by atoms with van der Waals surface area (Å²) in [6, 6.07) is 4.80. The van der Waals surface area contributed by atoms with E-state index in [-0.39, 0.29) is 35.2 Å². The van der Waals surface area contributed by atoms with Crippen LogP contribution in [0.5, 0.6) is 0 Å². The van der Waals surface area contributed by atoms with Gasteiger partial charge in [0.1, 0.15) is 6.04 Å². The molecule has 0 bridgehead atoms. The Labute approximate surface area is 170 Å². The fourth-order valence-electron chi connectivity index (χ4n) is 3.09. The number of hydrogen-bond acceptors (Lipinski definition) is 5. The first-order valence-electron chi connectivity index (χ1n) is 9.17.